The lowest BCUT2D eigenvalue weighted by Gasteiger charge is -2.09. The molecule has 0 atom stereocenters. The van der Waals surface area contributed by atoms with E-state index < -0.39 is 0 Å². The van der Waals surface area contributed by atoms with E-state index in [1.165, 1.54) is 6.08 Å². The average molecular weight is 371 g/mol. The number of ketones is 1. The summed E-state index contributed by atoms with van der Waals surface area (Å²) in [4.78, 5) is 23.1. The summed E-state index contributed by atoms with van der Waals surface area (Å²) < 4.78 is 12.3. The van der Waals surface area contributed by atoms with Crippen molar-refractivity contribution in [2.45, 2.75) is 32.7 Å². The van der Waals surface area contributed by atoms with Crippen LogP contribution in [-0.4, -0.2) is 35.7 Å². The smallest absolute Gasteiger partial charge is 0.248 e. The van der Waals surface area contributed by atoms with E-state index in [1.54, 1.807) is 50.4 Å². The zero-order valence-electron chi connectivity index (χ0n) is 15.9. The molecule has 1 aromatic heterocycles. The second kappa shape index (κ2) is 10.2. The molecule has 1 N–H and O–H groups in total. The number of aromatic nitrogens is 2. The fourth-order valence-corrected chi connectivity index (χ4v) is 2.59. The summed E-state index contributed by atoms with van der Waals surface area (Å²) in [6, 6.07) is 5.46. The average Bonchev–Trinajstić information content (AvgIpc) is 3.10. The molecule has 1 heterocycles. The van der Waals surface area contributed by atoms with Crippen LogP contribution in [-0.2, 0) is 16.1 Å². The van der Waals surface area contributed by atoms with E-state index in [-0.39, 0.29) is 11.7 Å². The van der Waals surface area contributed by atoms with Crippen LogP contribution in [0.15, 0.2) is 36.7 Å². The molecule has 144 valence electrons. The van der Waals surface area contributed by atoms with Crippen molar-refractivity contribution in [1.29, 1.82) is 0 Å². The summed E-state index contributed by atoms with van der Waals surface area (Å²) in [5.41, 5.74) is 1.36. The Morgan fingerprint density at radius 3 is 2.74 bits per heavy atom. The van der Waals surface area contributed by atoms with E-state index in [1.807, 2.05) is 12.1 Å². The van der Waals surface area contributed by atoms with Gasteiger partial charge in [-0.1, -0.05) is 12.1 Å². The lowest BCUT2D eigenvalue weighted by molar-refractivity contribution is -0.117. The quantitative estimate of drug-likeness (QED) is 0.512. The summed E-state index contributed by atoms with van der Waals surface area (Å²) in [7, 11) is 3.12. The highest BCUT2D eigenvalue weighted by molar-refractivity contribution is 6.02. The fourth-order valence-electron chi connectivity index (χ4n) is 2.59. The summed E-state index contributed by atoms with van der Waals surface area (Å²) in [6.45, 7) is 2.30. The number of aryl methyl sites for hydroxylation is 1. The fraction of sp³-hybridized carbons (Fsp3) is 0.350. The van der Waals surface area contributed by atoms with Crippen molar-refractivity contribution in [3.8, 4) is 11.5 Å². The Labute approximate surface area is 159 Å². The van der Waals surface area contributed by atoms with Crippen LogP contribution in [0.1, 0.15) is 31.7 Å². The SMILES string of the molecule is COc1cccc(/C=C/C(=O)Nc2cnn(CCCCC(C)=O)c2)c1OC. The van der Waals surface area contributed by atoms with Crippen molar-refractivity contribution in [3.63, 3.8) is 0 Å². The number of carbonyl (C=O) groups excluding carboxylic acids is 2. The third-order valence-electron chi connectivity index (χ3n) is 3.91. The van der Waals surface area contributed by atoms with Crippen LogP contribution in [0.25, 0.3) is 6.08 Å². The van der Waals surface area contributed by atoms with Gasteiger partial charge in [0.2, 0.25) is 5.91 Å². The predicted molar refractivity (Wildman–Crippen MR) is 104 cm³/mol. The molecule has 2 aromatic rings. The topological polar surface area (TPSA) is 82.5 Å². The first-order chi connectivity index (χ1) is 13.0. The van der Waals surface area contributed by atoms with E-state index >= 15 is 0 Å². The number of methoxy groups -OCH3 is 2. The second-order valence-corrected chi connectivity index (χ2v) is 6.06. The maximum Gasteiger partial charge on any atom is 0.248 e. The number of Topliss-reactive ketones (excluding diaryl/α,β-unsaturated/α-hetero) is 1. The Morgan fingerprint density at radius 1 is 1.22 bits per heavy atom. The maximum atomic E-state index is 12.1. The third-order valence-corrected chi connectivity index (χ3v) is 3.91. The molecule has 0 aliphatic heterocycles. The molecular weight excluding hydrogens is 346 g/mol. The highest BCUT2D eigenvalue weighted by atomic mass is 16.5. The Morgan fingerprint density at radius 2 is 2.04 bits per heavy atom. The third kappa shape index (κ3) is 6.29. The zero-order valence-corrected chi connectivity index (χ0v) is 15.9. The largest absolute Gasteiger partial charge is 0.493 e. The van der Waals surface area contributed by atoms with Gasteiger partial charge in [0.25, 0.3) is 0 Å². The van der Waals surface area contributed by atoms with Crippen LogP contribution in [0, 0.1) is 0 Å². The number of hydrogen-bond acceptors (Lipinski definition) is 5. The van der Waals surface area contributed by atoms with Gasteiger partial charge in [0.05, 0.1) is 26.1 Å². The molecular formula is C20H25N3O4. The number of amides is 1. The van der Waals surface area contributed by atoms with Crippen LogP contribution >= 0.6 is 0 Å². The summed E-state index contributed by atoms with van der Waals surface area (Å²) in [5, 5.41) is 6.98. The lowest BCUT2D eigenvalue weighted by atomic mass is 10.1. The van der Waals surface area contributed by atoms with Crippen LogP contribution in [0.3, 0.4) is 0 Å². The number of para-hydroxylation sites is 1. The predicted octanol–water partition coefficient (Wildman–Crippen LogP) is 3.31. The maximum absolute atomic E-state index is 12.1. The molecule has 0 spiro atoms. The number of nitrogens with one attached hydrogen (secondary N) is 1. The number of nitrogens with zero attached hydrogens (tertiary/aromatic N) is 2. The van der Waals surface area contributed by atoms with E-state index in [4.69, 9.17) is 9.47 Å². The van der Waals surface area contributed by atoms with Crippen molar-refractivity contribution < 1.29 is 19.1 Å². The van der Waals surface area contributed by atoms with E-state index in [2.05, 4.69) is 10.4 Å². The summed E-state index contributed by atoms with van der Waals surface area (Å²) in [6.07, 6.45) is 8.76. The van der Waals surface area contributed by atoms with Crippen LogP contribution in [0.4, 0.5) is 5.69 Å². The van der Waals surface area contributed by atoms with Gasteiger partial charge in [0, 0.05) is 30.8 Å². The normalized spacial score (nSPS) is 10.8. The van der Waals surface area contributed by atoms with Crippen molar-refractivity contribution in [3.05, 3.63) is 42.2 Å². The summed E-state index contributed by atoms with van der Waals surface area (Å²) >= 11 is 0. The number of carbonyl (C=O) groups is 2. The minimum atomic E-state index is -0.268. The minimum Gasteiger partial charge on any atom is -0.493 e. The number of benzene rings is 1. The monoisotopic (exact) mass is 371 g/mol. The van der Waals surface area contributed by atoms with Crippen molar-refractivity contribution in [2.75, 3.05) is 19.5 Å². The first-order valence-corrected chi connectivity index (χ1v) is 8.75. The Bertz CT molecular complexity index is 811. The van der Waals surface area contributed by atoms with Gasteiger partial charge in [-0.05, 0) is 31.9 Å². The molecule has 2 rings (SSSR count). The van der Waals surface area contributed by atoms with Crippen molar-refractivity contribution in [1.82, 2.24) is 9.78 Å². The molecule has 1 aromatic carbocycles. The van der Waals surface area contributed by atoms with Crippen LogP contribution in [0.2, 0.25) is 0 Å². The van der Waals surface area contributed by atoms with E-state index in [0.29, 0.717) is 30.2 Å². The molecule has 0 unspecified atom stereocenters. The van der Waals surface area contributed by atoms with Crippen LogP contribution < -0.4 is 14.8 Å². The molecule has 1 amide bonds. The first-order valence-electron chi connectivity index (χ1n) is 8.75. The molecule has 0 saturated heterocycles. The van der Waals surface area contributed by atoms with E-state index in [9.17, 15) is 9.59 Å². The number of anilines is 1. The second-order valence-electron chi connectivity index (χ2n) is 6.06. The highest BCUT2D eigenvalue weighted by Crippen LogP contribution is 2.31. The molecule has 0 aliphatic rings. The molecule has 0 radical (unpaired) electrons. The van der Waals surface area contributed by atoms with Gasteiger partial charge in [0.15, 0.2) is 11.5 Å². The molecule has 7 nitrogen and oxygen atoms in total. The number of ether oxygens (including phenoxy) is 2. The number of unbranched alkanes of at least 4 members (excludes halogenated alkanes) is 1. The van der Waals surface area contributed by atoms with Crippen molar-refractivity contribution in [2.24, 2.45) is 0 Å². The Kier molecular flexibility index (Phi) is 7.61. The lowest BCUT2D eigenvalue weighted by Crippen LogP contribution is -2.07. The van der Waals surface area contributed by atoms with Gasteiger partial charge >= 0.3 is 0 Å². The molecule has 0 bridgehead atoms. The highest BCUT2D eigenvalue weighted by Gasteiger charge is 2.08. The summed E-state index contributed by atoms with van der Waals surface area (Å²) in [5.74, 6) is 1.10. The molecule has 27 heavy (non-hydrogen) atoms. The van der Waals surface area contributed by atoms with Gasteiger partial charge in [-0.3, -0.25) is 9.48 Å². The first kappa shape index (κ1) is 20.2. The Hall–Kier alpha value is -3.09. The van der Waals surface area contributed by atoms with Gasteiger partial charge < -0.3 is 19.6 Å². The number of hydrogen-bond donors (Lipinski definition) is 1. The van der Waals surface area contributed by atoms with Crippen LogP contribution in [0.5, 0.6) is 11.5 Å². The van der Waals surface area contributed by atoms with Gasteiger partial charge in [-0.25, -0.2) is 0 Å². The van der Waals surface area contributed by atoms with Gasteiger partial charge in [0.1, 0.15) is 5.78 Å². The molecule has 0 aliphatic carbocycles. The molecule has 0 fully saturated rings. The minimum absolute atomic E-state index is 0.197. The van der Waals surface area contributed by atoms with Crippen molar-refractivity contribution >= 4 is 23.5 Å². The molecule has 7 heteroatoms. The van der Waals surface area contributed by atoms with Gasteiger partial charge in [-0.2, -0.15) is 5.10 Å². The van der Waals surface area contributed by atoms with Gasteiger partial charge in [-0.15, -0.1) is 0 Å². The standard InChI is InChI=1S/C20H25N3O4/c1-15(24)7-4-5-12-23-14-17(13-21-23)22-19(25)11-10-16-8-6-9-18(26-2)20(16)27-3/h6,8-11,13-14H,4-5,7,12H2,1-3H3,(H,22,25)/b11-10+. The van der Waals surface area contributed by atoms with E-state index in [0.717, 1.165) is 18.4 Å². The zero-order chi connectivity index (χ0) is 19.6. The Balaban J connectivity index is 1.91. The molecule has 0 saturated carbocycles. The number of rotatable bonds is 10.